The summed E-state index contributed by atoms with van der Waals surface area (Å²) >= 11 is 8.10. The Kier molecular flexibility index (Phi) is 5.53. The maximum atomic E-state index is 13.5. The number of ether oxygens (including phenoxy) is 1. The summed E-state index contributed by atoms with van der Waals surface area (Å²) in [5.74, 6) is -0.159. The van der Waals surface area contributed by atoms with Gasteiger partial charge >= 0.3 is 0 Å². The van der Waals surface area contributed by atoms with E-state index >= 15 is 0 Å². The minimum Gasteiger partial charge on any atom is -0.482 e. The molecule has 0 saturated heterocycles. The maximum absolute atomic E-state index is 13.5. The Balaban J connectivity index is 1.60. The Morgan fingerprint density at radius 2 is 2.06 bits per heavy atom. The van der Waals surface area contributed by atoms with Crippen LogP contribution in [-0.2, 0) is 4.79 Å². The van der Waals surface area contributed by atoms with Crippen LogP contribution in [0.3, 0.4) is 0 Å². The number of pyridine rings is 1. The Hall–Kier alpha value is -3.43. The van der Waals surface area contributed by atoms with E-state index in [-0.39, 0.29) is 29.5 Å². The molecule has 0 radical (unpaired) electrons. The standard InChI is InChI=1S/C24H22ClN5O3S/c1-11(2)30-23-16(9-26-30)15(6-18(28-23)14-5-12(3)34-13(14)4)24(32)29-19-8-21-20(7-17(19)25)27-22(31)10-33-21/h5-9,11H,10H2,1-4H3,(H,27,31)(H,29,32). The Morgan fingerprint density at radius 1 is 1.26 bits per heavy atom. The highest BCUT2D eigenvalue weighted by Crippen LogP contribution is 2.37. The lowest BCUT2D eigenvalue weighted by atomic mass is 10.1. The Bertz CT molecular complexity index is 1470. The summed E-state index contributed by atoms with van der Waals surface area (Å²) in [5, 5.41) is 11.0. The van der Waals surface area contributed by atoms with Crippen LogP contribution in [0.5, 0.6) is 5.75 Å². The fourth-order valence-corrected chi connectivity index (χ4v) is 5.14. The summed E-state index contributed by atoms with van der Waals surface area (Å²) in [6.07, 6.45) is 1.67. The highest BCUT2D eigenvalue weighted by molar-refractivity contribution is 7.12. The van der Waals surface area contributed by atoms with Crippen LogP contribution in [0.2, 0.25) is 5.02 Å². The lowest BCUT2D eigenvalue weighted by Crippen LogP contribution is -2.25. The molecule has 2 N–H and O–H groups in total. The van der Waals surface area contributed by atoms with E-state index in [1.165, 1.54) is 4.88 Å². The van der Waals surface area contributed by atoms with Crippen molar-refractivity contribution in [2.75, 3.05) is 17.2 Å². The molecule has 3 aromatic heterocycles. The third-order valence-electron chi connectivity index (χ3n) is 5.57. The molecule has 0 aliphatic carbocycles. The van der Waals surface area contributed by atoms with Gasteiger partial charge in [-0.25, -0.2) is 9.67 Å². The summed E-state index contributed by atoms with van der Waals surface area (Å²) < 4.78 is 7.28. The van der Waals surface area contributed by atoms with Crippen LogP contribution in [0.25, 0.3) is 22.3 Å². The number of benzene rings is 1. The molecule has 0 atom stereocenters. The van der Waals surface area contributed by atoms with Gasteiger partial charge in [0.2, 0.25) is 0 Å². The van der Waals surface area contributed by atoms with Gasteiger partial charge in [0.25, 0.3) is 11.8 Å². The van der Waals surface area contributed by atoms with Crippen molar-refractivity contribution in [3.8, 4) is 17.0 Å². The number of aromatic nitrogens is 3. The van der Waals surface area contributed by atoms with Gasteiger partial charge in [0, 0.05) is 27.4 Å². The van der Waals surface area contributed by atoms with Crippen LogP contribution < -0.4 is 15.4 Å². The van der Waals surface area contributed by atoms with E-state index < -0.39 is 0 Å². The molecule has 0 spiro atoms. The van der Waals surface area contributed by atoms with E-state index in [4.69, 9.17) is 21.3 Å². The van der Waals surface area contributed by atoms with E-state index in [2.05, 4.69) is 21.8 Å². The highest BCUT2D eigenvalue weighted by Gasteiger charge is 2.23. The van der Waals surface area contributed by atoms with Crippen molar-refractivity contribution in [2.45, 2.75) is 33.7 Å². The molecule has 0 bridgehead atoms. The zero-order chi connectivity index (χ0) is 24.1. The number of aryl methyl sites for hydroxylation is 2. The molecular formula is C24H22ClN5O3S. The first-order chi connectivity index (χ1) is 16.2. The van der Waals surface area contributed by atoms with Gasteiger partial charge in [0.1, 0.15) is 5.75 Å². The molecular weight excluding hydrogens is 474 g/mol. The SMILES string of the molecule is Cc1cc(-c2cc(C(=O)Nc3cc4c(cc3Cl)NC(=O)CO4)c3cnn(C(C)C)c3n2)c(C)s1. The van der Waals surface area contributed by atoms with Crippen LogP contribution >= 0.6 is 22.9 Å². The third-order valence-corrected chi connectivity index (χ3v) is 6.85. The van der Waals surface area contributed by atoms with Crippen molar-refractivity contribution < 1.29 is 14.3 Å². The molecule has 1 aliphatic heterocycles. The highest BCUT2D eigenvalue weighted by atomic mass is 35.5. The van der Waals surface area contributed by atoms with Gasteiger partial charge in [-0.05, 0) is 45.9 Å². The van der Waals surface area contributed by atoms with Crippen LogP contribution in [0.15, 0.2) is 30.5 Å². The molecule has 0 saturated carbocycles. The van der Waals surface area contributed by atoms with Crippen LogP contribution in [0.1, 0.15) is 40.0 Å². The molecule has 2 amide bonds. The quantitative estimate of drug-likeness (QED) is 0.384. The molecule has 1 aromatic carbocycles. The van der Waals surface area contributed by atoms with E-state index in [9.17, 15) is 9.59 Å². The fraction of sp³-hybridized carbons (Fsp3) is 0.250. The molecule has 34 heavy (non-hydrogen) atoms. The summed E-state index contributed by atoms with van der Waals surface area (Å²) in [6, 6.07) is 7.12. The fourth-order valence-electron chi connectivity index (χ4n) is 3.99. The number of halogens is 1. The first-order valence-corrected chi connectivity index (χ1v) is 11.9. The lowest BCUT2D eigenvalue weighted by Gasteiger charge is -2.19. The number of amides is 2. The zero-order valence-corrected chi connectivity index (χ0v) is 20.6. The number of anilines is 2. The second-order valence-electron chi connectivity index (χ2n) is 8.42. The number of fused-ring (bicyclic) bond motifs is 2. The molecule has 1 aliphatic rings. The van der Waals surface area contributed by atoms with Gasteiger partial charge in [-0.15, -0.1) is 11.3 Å². The molecule has 8 nitrogen and oxygen atoms in total. The van der Waals surface area contributed by atoms with Gasteiger partial charge in [0.05, 0.1) is 39.2 Å². The normalized spacial score (nSPS) is 13.1. The topological polar surface area (TPSA) is 98.1 Å². The second kappa shape index (κ2) is 8.41. The van der Waals surface area contributed by atoms with Crippen molar-refractivity contribution in [2.24, 2.45) is 0 Å². The summed E-state index contributed by atoms with van der Waals surface area (Å²) in [5.41, 5.74) is 3.64. The molecule has 0 fully saturated rings. The van der Waals surface area contributed by atoms with Crippen molar-refractivity contribution >= 4 is 57.2 Å². The monoisotopic (exact) mass is 495 g/mol. The third kappa shape index (κ3) is 3.91. The number of hydrogen-bond donors (Lipinski definition) is 2. The first-order valence-electron chi connectivity index (χ1n) is 10.7. The molecule has 4 aromatic rings. The predicted octanol–water partition coefficient (Wildman–Crippen LogP) is 5.59. The van der Waals surface area contributed by atoms with Gasteiger partial charge in [-0.2, -0.15) is 5.10 Å². The number of nitrogens with one attached hydrogen (secondary N) is 2. The number of rotatable bonds is 4. The van der Waals surface area contributed by atoms with Crippen LogP contribution in [0, 0.1) is 13.8 Å². The number of carbonyl (C=O) groups is 2. The lowest BCUT2D eigenvalue weighted by molar-refractivity contribution is -0.118. The van der Waals surface area contributed by atoms with E-state index in [1.807, 2.05) is 32.4 Å². The van der Waals surface area contributed by atoms with Gasteiger partial charge in [0.15, 0.2) is 12.3 Å². The maximum Gasteiger partial charge on any atom is 0.262 e. The van der Waals surface area contributed by atoms with E-state index in [0.29, 0.717) is 39.4 Å². The largest absolute Gasteiger partial charge is 0.482 e. The average molecular weight is 496 g/mol. The predicted molar refractivity (Wildman–Crippen MR) is 134 cm³/mol. The first kappa shape index (κ1) is 22.4. The molecule has 4 heterocycles. The van der Waals surface area contributed by atoms with Gasteiger partial charge in [-0.1, -0.05) is 11.6 Å². The van der Waals surface area contributed by atoms with Crippen LogP contribution in [-0.4, -0.2) is 33.2 Å². The molecule has 174 valence electrons. The zero-order valence-electron chi connectivity index (χ0n) is 19.0. The Labute approximate surface area is 204 Å². The summed E-state index contributed by atoms with van der Waals surface area (Å²) in [7, 11) is 0. The van der Waals surface area contributed by atoms with Crippen molar-refractivity contribution in [1.29, 1.82) is 0 Å². The van der Waals surface area contributed by atoms with Gasteiger partial charge < -0.3 is 15.4 Å². The average Bonchev–Trinajstić information content (AvgIpc) is 3.36. The molecule has 5 rings (SSSR count). The van der Waals surface area contributed by atoms with E-state index in [0.717, 1.165) is 10.4 Å². The van der Waals surface area contributed by atoms with Gasteiger partial charge in [-0.3, -0.25) is 9.59 Å². The number of hydrogen-bond acceptors (Lipinski definition) is 6. The number of nitrogens with zero attached hydrogens (tertiary/aromatic N) is 3. The minimum absolute atomic E-state index is 0.0731. The Morgan fingerprint density at radius 3 is 2.76 bits per heavy atom. The second-order valence-corrected chi connectivity index (χ2v) is 10.3. The number of thiophene rings is 1. The smallest absolute Gasteiger partial charge is 0.262 e. The molecule has 10 heteroatoms. The van der Waals surface area contributed by atoms with Crippen LogP contribution in [0.4, 0.5) is 11.4 Å². The van der Waals surface area contributed by atoms with Crippen molar-refractivity contribution in [3.63, 3.8) is 0 Å². The van der Waals surface area contributed by atoms with E-state index in [1.54, 1.807) is 35.7 Å². The summed E-state index contributed by atoms with van der Waals surface area (Å²) in [6.45, 7) is 8.04. The summed E-state index contributed by atoms with van der Waals surface area (Å²) in [4.78, 5) is 32.3. The molecule has 0 unspecified atom stereocenters. The van der Waals surface area contributed by atoms with Crippen molar-refractivity contribution in [3.05, 3.63) is 50.8 Å². The number of carbonyl (C=O) groups excluding carboxylic acids is 2. The minimum atomic E-state index is -0.344. The van der Waals surface area contributed by atoms with Crippen molar-refractivity contribution in [1.82, 2.24) is 14.8 Å².